The third kappa shape index (κ3) is 4.46. The van der Waals surface area contributed by atoms with E-state index in [1.807, 2.05) is 24.3 Å². The average molecular weight is 469 g/mol. The maximum atomic E-state index is 12.9. The molecule has 2 unspecified atom stereocenters. The molecule has 0 radical (unpaired) electrons. The van der Waals surface area contributed by atoms with E-state index < -0.39 is 23.0 Å². The van der Waals surface area contributed by atoms with Crippen molar-refractivity contribution in [3.8, 4) is 11.3 Å². The van der Waals surface area contributed by atoms with Gasteiger partial charge in [-0.3, -0.25) is 29.6 Å². The highest BCUT2D eigenvalue weighted by Crippen LogP contribution is 2.31. The number of hydrogen-bond acceptors (Lipinski definition) is 6. The van der Waals surface area contributed by atoms with Crippen LogP contribution in [0.15, 0.2) is 36.5 Å². The molecule has 33 heavy (non-hydrogen) atoms. The van der Waals surface area contributed by atoms with Gasteiger partial charge in [0.1, 0.15) is 6.04 Å². The molecule has 5 rings (SSSR count). The molecule has 4 heterocycles. The van der Waals surface area contributed by atoms with Crippen molar-refractivity contribution in [2.24, 2.45) is 5.92 Å². The van der Waals surface area contributed by atoms with Crippen LogP contribution in [0.4, 0.5) is 0 Å². The van der Waals surface area contributed by atoms with Crippen LogP contribution in [-0.4, -0.2) is 66.2 Å². The van der Waals surface area contributed by atoms with Crippen LogP contribution in [0.3, 0.4) is 0 Å². The van der Waals surface area contributed by atoms with E-state index in [2.05, 4.69) is 15.2 Å². The molecular formula is C23H24N4O5S. The number of likely N-dealkylation sites (tertiary alicyclic amines) is 1. The van der Waals surface area contributed by atoms with E-state index in [-0.39, 0.29) is 24.2 Å². The molecule has 2 fully saturated rings. The lowest BCUT2D eigenvalue weighted by Crippen LogP contribution is -2.52. The molecule has 3 aliphatic rings. The number of fused-ring (bicyclic) bond motifs is 1. The molecule has 2 atom stereocenters. The fourth-order valence-corrected chi connectivity index (χ4v) is 5.45. The maximum absolute atomic E-state index is 12.9. The summed E-state index contributed by atoms with van der Waals surface area (Å²) < 4.78 is 19.9. The minimum Gasteiger partial charge on any atom is -0.322 e. The van der Waals surface area contributed by atoms with Gasteiger partial charge in [-0.15, -0.1) is 0 Å². The van der Waals surface area contributed by atoms with Crippen LogP contribution in [0, 0.1) is 5.92 Å². The third-order valence-electron chi connectivity index (χ3n) is 6.46. The molecule has 0 saturated carbocycles. The Morgan fingerprint density at radius 2 is 1.97 bits per heavy atom. The number of carbonyl (C=O) groups is 3. The molecule has 0 spiro atoms. The quantitative estimate of drug-likeness (QED) is 0.482. The first kappa shape index (κ1) is 21.9. The summed E-state index contributed by atoms with van der Waals surface area (Å²) in [5, 5.41) is 2.32. The predicted octanol–water partition coefficient (Wildman–Crippen LogP) is 1.16. The first-order valence-electron chi connectivity index (χ1n) is 10.9. The molecule has 3 aliphatic heterocycles. The highest BCUT2D eigenvalue weighted by molar-refractivity contribution is 7.79. The number of aromatic nitrogens is 1. The van der Waals surface area contributed by atoms with E-state index in [9.17, 15) is 18.6 Å². The zero-order valence-corrected chi connectivity index (χ0v) is 18.7. The van der Waals surface area contributed by atoms with Crippen molar-refractivity contribution in [2.45, 2.75) is 32.0 Å². The lowest BCUT2D eigenvalue weighted by Gasteiger charge is -2.38. The number of hydrogen-bond donors (Lipinski definition) is 2. The summed E-state index contributed by atoms with van der Waals surface area (Å²) in [5.74, 6) is -0.323. The summed E-state index contributed by atoms with van der Waals surface area (Å²) in [7, 11) is 0. The molecule has 9 nitrogen and oxygen atoms in total. The van der Waals surface area contributed by atoms with Gasteiger partial charge in [-0.05, 0) is 47.7 Å². The van der Waals surface area contributed by atoms with Crippen LogP contribution in [0.2, 0.25) is 0 Å². The molecule has 1 aromatic heterocycles. The number of nitrogens with zero attached hydrogens (tertiary/aromatic N) is 3. The molecule has 0 aliphatic carbocycles. The highest BCUT2D eigenvalue weighted by atomic mass is 32.2. The van der Waals surface area contributed by atoms with E-state index in [0.29, 0.717) is 24.3 Å². The average Bonchev–Trinajstić information content (AvgIpc) is 3.08. The molecule has 10 heteroatoms. The first-order valence-corrected chi connectivity index (χ1v) is 12.2. The second-order valence-electron chi connectivity index (χ2n) is 8.87. The smallest absolute Gasteiger partial charge is 0.255 e. The van der Waals surface area contributed by atoms with Gasteiger partial charge in [0, 0.05) is 49.9 Å². The SMILES string of the molecule is O=C1CCC(N2Cc3cc(-c4cc(CN5CC(CS(=O)O)C5)ccn4)ccc3C2=O)C(=O)N1. The molecule has 1 aromatic carbocycles. The number of benzene rings is 1. The zero-order chi connectivity index (χ0) is 23.1. The van der Waals surface area contributed by atoms with E-state index in [1.54, 1.807) is 17.2 Å². The Kier molecular flexibility index (Phi) is 5.81. The van der Waals surface area contributed by atoms with Gasteiger partial charge in [0.15, 0.2) is 11.1 Å². The van der Waals surface area contributed by atoms with Crippen molar-refractivity contribution in [1.29, 1.82) is 0 Å². The molecule has 2 N–H and O–H groups in total. The van der Waals surface area contributed by atoms with Crippen molar-refractivity contribution in [3.05, 3.63) is 53.2 Å². The highest BCUT2D eigenvalue weighted by Gasteiger charge is 2.39. The molecule has 0 bridgehead atoms. The molecule has 172 valence electrons. The number of nitrogens with one attached hydrogen (secondary N) is 1. The summed E-state index contributed by atoms with van der Waals surface area (Å²) in [6, 6.07) is 8.95. The lowest BCUT2D eigenvalue weighted by molar-refractivity contribution is -0.136. The standard InChI is InChI=1S/C23H24N4O5S/c28-21-4-3-20(22(29)25-21)27-12-17-8-16(1-2-18(17)23(27)30)19-7-14(5-6-24-19)9-26-10-15(11-26)13-33(31)32/h1-2,5-8,15,20H,3-4,9-13H2,(H,31,32)(H,25,28,29). The fourth-order valence-electron chi connectivity index (χ4n) is 4.84. The van der Waals surface area contributed by atoms with Gasteiger partial charge in [0.25, 0.3) is 5.91 Å². The summed E-state index contributed by atoms with van der Waals surface area (Å²) in [5.41, 5.74) is 4.22. The van der Waals surface area contributed by atoms with Crippen LogP contribution in [-0.2, 0) is 33.8 Å². The van der Waals surface area contributed by atoms with E-state index in [4.69, 9.17) is 4.55 Å². The molecular weight excluding hydrogens is 444 g/mol. The Bertz CT molecular complexity index is 1160. The topological polar surface area (TPSA) is 120 Å². The van der Waals surface area contributed by atoms with Gasteiger partial charge < -0.3 is 9.45 Å². The number of piperidine rings is 1. The second kappa shape index (κ2) is 8.77. The minimum absolute atomic E-state index is 0.191. The van der Waals surface area contributed by atoms with Crippen molar-refractivity contribution in [1.82, 2.24) is 20.1 Å². The zero-order valence-electron chi connectivity index (χ0n) is 17.9. The van der Waals surface area contributed by atoms with Crippen LogP contribution in [0.25, 0.3) is 11.3 Å². The fraction of sp³-hybridized carbons (Fsp3) is 0.391. The normalized spacial score (nSPS) is 22.2. The van der Waals surface area contributed by atoms with Crippen LogP contribution in [0.1, 0.15) is 34.3 Å². The summed E-state index contributed by atoms with van der Waals surface area (Å²) in [6.07, 6.45) is 2.33. The summed E-state index contributed by atoms with van der Waals surface area (Å²) in [4.78, 5) is 44.8. The Labute approximate surface area is 193 Å². The predicted molar refractivity (Wildman–Crippen MR) is 120 cm³/mol. The molecule has 3 amide bonds. The summed E-state index contributed by atoms with van der Waals surface area (Å²) in [6.45, 7) is 2.69. The molecule has 2 aromatic rings. The third-order valence-corrected chi connectivity index (χ3v) is 7.22. The van der Waals surface area contributed by atoms with Crippen molar-refractivity contribution < 1.29 is 23.1 Å². The maximum Gasteiger partial charge on any atom is 0.255 e. The summed E-state index contributed by atoms with van der Waals surface area (Å²) >= 11 is -1.75. The van der Waals surface area contributed by atoms with Crippen molar-refractivity contribution in [2.75, 3.05) is 18.8 Å². The van der Waals surface area contributed by atoms with Gasteiger partial charge >= 0.3 is 0 Å². The molecule has 2 saturated heterocycles. The van der Waals surface area contributed by atoms with Crippen molar-refractivity contribution in [3.63, 3.8) is 0 Å². The minimum atomic E-state index is -1.75. The number of rotatable bonds is 6. The number of imide groups is 1. The van der Waals surface area contributed by atoms with E-state index in [0.717, 1.165) is 42.0 Å². The monoisotopic (exact) mass is 468 g/mol. The van der Waals surface area contributed by atoms with E-state index in [1.165, 1.54) is 0 Å². The number of carbonyl (C=O) groups excluding carboxylic acids is 3. The van der Waals surface area contributed by atoms with Gasteiger partial charge in [-0.25, -0.2) is 4.21 Å². The van der Waals surface area contributed by atoms with Gasteiger partial charge in [-0.1, -0.05) is 6.07 Å². The van der Waals surface area contributed by atoms with Gasteiger partial charge in [0.2, 0.25) is 11.8 Å². The van der Waals surface area contributed by atoms with Crippen LogP contribution < -0.4 is 5.32 Å². The van der Waals surface area contributed by atoms with Crippen LogP contribution >= 0.6 is 0 Å². The van der Waals surface area contributed by atoms with Crippen molar-refractivity contribution >= 4 is 28.8 Å². The first-order chi connectivity index (χ1) is 15.9. The number of amides is 3. The van der Waals surface area contributed by atoms with Gasteiger partial charge in [-0.2, -0.15) is 0 Å². The number of pyridine rings is 1. The van der Waals surface area contributed by atoms with Gasteiger partial charge in [0.05, 0.1) is 11.4 Å². The Morgan fingerprint density at radius 1 is 1.15 bits per heavy atom. The Morgan fingerprint density at radius 3 is 2.73 bits per heavy atom. The Balaban J connectivity index is 1.29. The van der Waals surface area contributed by atoms with E-state index >= 15 is 0 Å². The largest absolute Gasteiger partial charge is 0.322 e. The second-order valence-corrected chi connectivity index (χ2v) is 9.85. The lowest BCUT2D eigenvalue weighted by atomic mass is 10.0. The Hall–Kier alpha value is -2.95. The van der Waals surface area contributed by atoms with Crippen LogP contribution in [0.5, 0.6) is 0 Å².